The molecule has 1 fully saturated rings. The van der Waals surface area contributed by atoms with Crippen molar-refractivity contribution in [3.05, 3.63) is 0 Å². The molecule has 1 aliphatic carbocycles. The minimum atomic E-state index is -0.761. The van der Waals surface area contributed by atoms with Gasteiger partial charge in [-0.1, -0.05) is 27.2 Å². The second-order valence-corrected chi connectivity index (χ2v) is 6.02. The van der Waals surface area contributed by atoms with E-state index in [4.69, 9.17) is 4.74 Å². The van der Waals surface area contributed by atoms with E-state index in [1.54, 1.807) is 0 Å². The highest BCUT2D eigenvalue weighted by atomic mass is 16.5. The summed E-state index contributed by atoms with van der Waals surface area (Å²) in [5, 5.41) is 13.5. The first-order chi connectivity index (χ1) is 9.33. The molecule has 0 bridgehead atoms. The van der Waals surface area contributed by atoms with Gasteiger partial charge in [0.25, 0.3) is 0 Å². The van der Waals surface area contributed by atoms with Crippen LogP contribution in [0.15, 0.2) is 0 Å². The highest BCUT2D eigenvalue weighted by Gasteiger charge is 2.48. The van der Waals surface area contributed by atoms with Gasteiger partial charge in [-0.15, -0.1) is 0 Å². The minimum absolute atomic E-state index is 0.101. The molecule has 0 spiro atoms. The molecule has 20 heavy (non-hydrogen) atoms. The maximum Gasteiger partial charge on any atom is 0.311 e. The van der Waals surface area contributed by atoms with Crippen molar-refractivity contribution in [3.63, 3.8) is 0 Å². The SMILES string of the molecule is CCC(C)[C@H](NC(C)=O)[C@@H]1[C@H](O)[C@@H](C(=O)OC)C[C@H]1C. The van der Waals surface area contributed by atoms with Gasteiger partial charge in [-0.3, -0.25) is 9.59 Å². The molecule has 1 unspecified atom stereocenters. The van der Waals surface area contributed by atoms with E-state index in [2.05, 4.69) is 19.2 Å². The van der Waals surface area contributed by atoms with Crippen LogP contribution in [0.25, 0.3) is 0 Å². The number of rotatable bonds is 5. The van der Waals surface area contributed by atoms with Gasteiger partial charge in [0, 0.05) is 18.9 Å². The summed E-state index contributed by atoms with van der Waals surface area (Å²) in [6.07, 6.45) is 0.748. The Hall–Kier alpha value is -1.10. The van der Waals surface area contributed by atoms with Crippen LogP contribution in [0, 0.1) is 23.7 Å². The standard InChI is InChI=1S/C15H27NO4/c1-6-8(2)13(16-10(4)17)12-9(3)7-11(14(12)18)15(19)20-5/h8-9,11-14,18H,6-7H2,1-5H3,(H,16,17)/t8?,9-,11+,12-,13+,14-/m1/s1. The van der Waals surface area contributed by atoms with Crippen molar-refractivity contribution in [1.82, 2.24) is 5.32 Å². The summed E-state index contributed by atoms with van der Waals surface area (Å²) in [5.41, 5.74) is 0. The maximum atomic E-state index is 11.7. The number of amides is 1. The van der Waals surface area contributed by atoms with Crippen molar-refractivity contribution < 1.29 is 19.4 Å². The van der Waals surface area contributed by atoms with Crippen molar-refractivity contribution in [3.8, 4) is 0 Å². The molecule has 1 saturated carbocycles. The Morgan fingerprint density at radius 2 is 2.05 bits per heavy atom. The Kier molecular flexibility index (Phi) is 5.99. The Morgan fingerprint density at radius 3 is 2.50 bits per heavy atom. The number of carbonyl (C=O) groups is 2. The lowest BCUT2D eigenvalue weighted by molar-refractivity contribution is -0.149. The van der Waals surface area contributed by atoms with Gasteiger partial charge in [0.05, 0.1) is 19.1 Å². The molecule has 0 heterocycles. The van der Waals surface area contributed by atoms with Crippen LogP contribution in [-0.4, -0.2) is 36.2 Å². The molecule has 0 aromatic carbocycles. The Morgan fingerprint density at radius 1 is 1.45 bits per heavy atom. The molecular weight excluding hydrogens is 258 g/mol. The largest absolute Gasteiger partial charge is 0.469 e. The fraction of sp³-hybridized carbons (Fsp3) is 0.867. The molecule has 5 nitrogen and oxygen atoms in total. The molecule has 2 N–H and O–H groups in total. The number of hydrogen-bond acceptors (Lipinski definition) is 4. The molecule has 116 valence electrons. The maximum absolute atomic E-state index is 11.7. The fourth-order valence-electron chi connectivity index (χ4n) is 3.36. The molecular formula is C15H27NO4. The lowest BCUT2D eigenvalue weighted by Crippen LogP contribution is -2.49. The van der Waals surface area contributed by atoms with E-state index in [0.29, 0.717) is 6.42 Å². The summed E-state index contributed by atoms with van der Waals surface area (Å²) in [4.78, 5) is 23.2. The highest BCUT2D eigenvalue weighted by Crippen LogP contribution is 2.41. The number of methoxy groups -OCH3 is 1. The molecule has 1 aliphatic rings. The molecule has 0 aromatic heterocycles. The average molecular weight is 285 g/mol. The zero-order chi connectivity index (χ0) is 15.4. The van der Waals surface area contributed by atoms with Gasteiger partial charge in [-0.05, 0) is 18.3 Å². The molecule has 1 rings (SSSR count). The minimum Gasteiger partial charge on any atom is -0.469 e. The number of esters is 1. The third-order valence-electron chi connectivity index (χ3n) is 4.63. The predicted octanol–water partition coefficient (Wildman–Crippen LogP) is 1.34. The summed E-state index contributed by atoms with van der Waals surface area (Å²) in [6.45, 7) is 7.63. The highest BCUT2D eigenvalue weighted by molar-refractivity contribution is 5.74. The van der Waals surface area contributed by atoms with Gasteiger partial charge in [0.15, 0.2) is 0 Å². The first-order valence-electron chi connectivity index (χ1n) is 7.36. The topological polar surface area (TPSA) is 75.6 Å². The summed E-state index contributed by atoms with van der Waals surface area (Å²) < 4.78 is 4.76. The number of hydrogen-bond donors (Lipinski definition) is 2. The summed E-state index contributed by atoms with van der Waals surface area (Å²) in [7, 11) is 1.34. The second kappa shape index (κ2) is 7.07. The Balaban J connectivity index is 2.95. The van der Waals surface area contributed by atoms with E-state index < -0.39 is 12.0 Å². The quantitative estimate of drug-likeness (QED) is 0.748. The van der Waals surface area contributed by atoms with Crippen LogP contribution in [0.1, 0.15) is 40.5 Å². The smallest absolute Gasteiger partial charge is 0.311 e. The van der Waals surface area contributed by atoms with Crippen LogP contribution in [-0.2, 0) is 14.3 Å². The summed E-state index contributed by atoms with van der Waals surface area (Å²) in [5.74, 6) is -0.649. The number of aliphatic hydroxyl groups is 1. The zero-order valence-electron chi connectivity index (χ0n) is 13.1. The monoisotopic (exact) mass is 285 g/mol. The summed E-state index contributed by atoms with van der Waals surface area (Å²) >= 11 is 0. The second-order valence-electron chi connectivity index (χ2n) is 6.02. The first kappa shape index (κ1) is 17.0. The van der Waals surface area contributed by atoms with Crippen LogP contribution >= 0.6 is 0 Å². The van der Waals surface area contributed by atoms with E-state index >= 15 is 0 Å². The van der Waals surface area contributed by atoms with Gasteiger partial charge in [0.2, 0.25) is 5.91 Å². The van der Waals surface area contributed by atoms with Crippen molar-refractivity contribution in [2.24, 2.45) is 23.7 Å². The zero-order valence-corrected chi connectivity index (χ0v) is 13.1. The van der Waals surface area contributed by atoms with Gasteiger partial charge in [-0.2, -0.15) is 0 Å². The average Bonchev–Trinajstić information content (AvgIpc) is 2.69. The number of nitrogens with one attached hydrogen (secondary N) is 1. The molecule has 0 aliphatic heterocycles. The number of aliphatic hydroxyl groups excluding tert-OH is 1. The third-order valence-corrected chi connectivity index (χ3v) is 4.63. The third kappa shape index (κ3) is 3.51. The van der Waals surface area contributed by atoms with Crippen LogP contribution in [0.2, 0.25) is 0 Å². The predicted molar refractivity (Wildman–Crippen MR) is 75.8 cm³/mol. The first-order valence-corrected chi connectivity index (χ1v) is 7.36. The van der Waals surface area contributed by atoms with Crippen LogP contribution in [0.5, 0.6) is 0 Å². The molecule has 1 amide bonds. The lowest BCUT2D eigenvalue weighted by atomic mass is 9.80. The van der Waals surface area contributed by atoms with Gasteiger partial charge < -0.3 is 15.2 Å². The molecule has 0 aromatic rings. The molecule has 6 atom stereocenters. The lowest BCUT2D eigenvalue weighted by Gasteiger charge is -2.34. The normalized spacial score (nSPS) is 32.5. The van der Waals surface area contributed by atoms with E-state index in [9.17, 15) is 14.7 Å². The van der Waals surface area contributed by atoms with Gasteiger partial charge in [0.1, 0.15) is 0 Å². The molecule has 0 radical (unpaired) electrons. The van der Waals surface area contributed by atoms with E-state index in [1.807, 2.05) is 6.92 Å². The Bertz CT molecular complexity index is 358. The van der Waals surface area contributed by atoms with E-state index in [1.165, 1.54) is 14.0 Å². The van der Waals surface area contributed by atoms with Crippen LogP contribution < -0.4 is 5.32 Å². The molecule has 0 saturated heterocycles. The number of carbonyl (C=O) groups excluding carboxylic acids is 2. The van der Waals surface area contributed by atoms with Crippen molar-refractivity contribution in [2.45, 2.75) is 52.7 Å². The molecule has 5 heteroatoms. The van der Waals surface area contributed by atoms with Crippen molar-refractivity contribution in [1.29, 1.82) is 0 Å². The summed E-state index contributed by atoms with van der Waals surface area (Å²) in [6, 6.07) is -0.114. The van der Waals surface area contributed by atoms with Crippen molar-refractivity contribution >= 4 is 11.9 Å². The van der Waals surface area contributed by atoms with Crippen LogP contribution in [0.4, 0.5) is 0 Å². The fourth-order valence-corrected chi connectivity index (χ4v) is 3.36. The van der Waals surface area contributed by atoms with E-state index in [0.717, 1.165) is 6.42 Å². The van der Waals surface area contributed by atoms with Gasteiger partial charge >= 0.3 is 5.97 Å². The number of ether oxygens (including phenoxy) is 1. The van der Waals surface area contributed by atoms with Gasteiger partial charge in [-0.25, -0.2) is 0 Å². The van der Waals surface area contributed by atoms with E-state index in [-0.39, 0.29) is 35.7 Å². The van der Waals surface area contributed by atoms with Crippen LogP contribution in [0.3, 0.4) is 0 Å². The van der Waals surface area contributed by atoms with Crippen molar-refractivity contribution in [2.75, 3.05) is 7.11 Å². The Labute approximate surface area is 121 Å².